The SMILES string of the molecule is CN=C(NCc1ccc(CN2CCCC2)cc1)N(C)Cc1csc(C(C)OC)n1.I. The molecule has 6 nitrogen and oxygen atoms in total. The molecule has 3 rings (SSSR count). The van der Waals surface area contributed by atoms with E-state index < -0.39 is 0 Å². The Hall–Kier alpha value is -1.23. The number of nitrogens with zero attached hydrogens (tertiary/aromatic N) is 4. The molecule has 0 aliphatic carbocycles. The van der Waals surface area contributed by atoms with Gasteiger partial charge in [-0.25, -0.2) is 4.98 Å². The van der Waals surface area contributed by atoms with Crippen molar-refractivity contribution in [2.45, 2.75) is 45.5 Å². The maximum Gasteiger partial charge on any atom is 0.194 e. The summed E-state index contributed by atoms with van der Waals surface area (Å²) in [5.41, 5.74) is 3.68. The van der Waals surface area contributed by atoms with E-state index >= 15 is 0 Å². The third kappa shape index (κ3) is 7.18. The lowest BCUT2D eigenvalue weighted by molar-refractivity contribution is 0.119. The third-order valence-corrected chi connectivity index (χ3v) is 6.38. The van der Waals surface area contributed by atoms with Crippen LogP contribution in [0, 0.1) is 0 Å². The first-order chi connectivity index (χ1) is 14.1. The number of methoxy groups -OCH3 is 1. The van der Waals surface area contributed by atoms with Crippen molar-refractivity contribution in [1.82, 2.24) is 20.1 Å². The number of nitrogens with one attached hydrogen (secondary N) is 1. The van der Waals surface area contributed by atoms with Crippen molar-refractivity contribution in [3.63, 3.8) is 0 Å². The number of halogens is 1. The predicted octanol–water partition coefficient (Wildman–Crippen LogP) is 4.27. The lowest BCUT2D eigenvalue weighted by atomic mass is 10.1. The lowest BCUT2D eigenvalue weighted by Gasteiger charge is -2.21. The van der Waals surface area contributed by atoms with Crippen LogP contribution in [0.4, 0.5) is 0 Å². The van der Waals surface area contributed by atoms with E-state index in [4.69, 9.17) is 4.74 Å². The highest BCUT2D eigenvalue weighted by molar-refractivity contribution is 14.0. The molecule has 2 aromatic rings. The van der Waals surface area contributed by atoms with Gasteiger partial charge < -0.3 is 15.0 Å². The first-order valence-corrected chi connectivity index (χ1v) is 11.2. The van der Waals surface area contributed by atoms with Crippen LogP contribution in [0.3, 0.4) is 0 Å². The van der Waals surface area contributed by atoms with Gasteiger partial charge in [0.2, 0.25) is 0 Å². The number of ether oxygens (including phenoxy) is 1. The molecule has 1 aliphatic heterocycles. The summed E-state index contributed by atoms with van der Waals surface area (Å²) in [6.45, 7) is 7.01. The molecule has 1 atom stereocenters. The summed E-state index contributed by atoms with van der Waals surface area (Å²) in [6.07, 6.45) is 2.70. The molecule has 1 fully saturated rings. The molecule has 0 saturated carbocycles. The highest BCUT2D eigenvalue weighted by atomic mass is 127. The molecule has 2 heterocycles. The van der Waals surface area contributed by atoms with Gasteiger partial charge in [0.05, 0.1) is 12.2 Å². The standard InChI is InChI=1S/C22H33N5OS.HI/c1-17(28-4)21-25-20(16-29-21)15-26(3)22(23-2)24-13-18-7-9-19(10-8-18)14-27-11-5-6-12-27;/h7-10,16-17H,5-6,11-15H2,1-4H3,(H,23,24);1H. The van der Waals surface area contributed by atoms with Crippen LogP contribution in [0.5, 0.6) is 0 Å². The van der Waals surface area contributed by atoms with Crippen molar-refractivity contribution < 1.29 is 4.74 Å². The van der Waals surface area contributed by atoms with Crippen LogP contribution in [-0.4, -0.2) is 55.0 Å². The molecule has 1 N–H and O–H groups in total. The van der Waals surface area contributed by atoms with Crippen LogP contribution < -0.4 is 5.32 Å². The van der Waals surface area contributed by atoms with Gasteiger partial charge in [-0.1, -0.05) is 24.3 Å². The van der Waals surface area contributed by atoms with E-state index in [2.05, 4.69) is 54.7 Å². The highest BCUT2D eigenvalue weighted by Crippen LogP contribution is 2.21. The lowest BCUT2D eigenvalue weighted by Crippen LogP contribution is -2.38. The van der Waals surface area contributed by atoms with E-state index in [1.165, 1.54) is 37.1 Å². The smallest absolute Gasteiger partial charge is 0.194 e. The van der Waals surface area contributed by atoms with Crippen molar-refractivity contribution in [3.8, 4) is 0 Å². The summed E-state index contributed by atoms with van der Waals surface area (Å²) in [7, 11) is 5.56. The van der Waals surface area contributed by atoms with Gasteiger partial charge >= 0.3 is 0 Å². The summed E-state index contributed by atoms with van der Waals surface area (Å²) in [6, 6.07) is 8.92. The molecular weight excluding hydrogens is 509 g/mol. The molecular formula is C22H34IN5OS. The fraction of sp³-hybridized carbons (Fsp3) is 0.545. The van der Waals surface area contributed by atoms with Gasteiger partial charge in [-0.15, -0.1) is 35.3 Å². The molecule has 8 heteroatoms. The minimum Gasteiger partial charge on any atom is -0.375 e. The topological polar surface area (TPSA) is 53.0 Å². The van der Waals surface area contributed by atoms with Crippen molar-refractivity contribution in [3.05, 3.63) is 51.5 Å². The van der Waals surface area contributed by atoms with Crippen molar-refractivity contribution >= 4 is 41.3 Å². The number of aliphatic imine (C=N–C) groups is 1. The minimum atomic E-state index is 0. The number of benzene rings is 1. The highest BCUT2D eigenvalue weighted by Gasteiger charge is 2.13. The average molecular weight is 544 g/mol. The maximum atomic E-state index is 5.35. The van der Waals surface area contributed by atoms with E-state index in [0.717, 1.165) is 29.8 Å². The Balaban J connectivity index is 0.00000320. The van der Waals surface area contributed by atoms with Crippen LogP contribution >= 0.6 is 35.3 Å². The zero-order chi connectivity index (χ0) is 20.6. The largest absolute Gasteiger partial charge is 0.375 e. The van der Waals surface area contributed by atoms with E-state index in [0.29, 0.717) is 6.54 Å². The fourth-order valence-electron chi connectivity index (χ4n) is 3.53. The van der Waals surface area contributed by atoms with Gasteiger partial charge in [0, 0.05) is 39.7 Å². The summed E-state index contributed by atoms with van der Waals surface area (Å²) in [5, 5.41) is 6.55. The first kappa shape index (κ1) is 25.0. The monoisotopic (exact) mass is 543 g/mol. The molecule has 0 radical (unpaired) electrons. The average Bonchev–Trinajstić information content (AvgIpc) is 3.41. The molecule has 0 spiro atoms. The Morgan fingerprint density at radius 1 is 1.27 bits per heavy atom. The molecule has 30 heavy (non-hydrogen) atoms. The molecule has 0 amide bonds. The molecule has 1 saturated heterocycles. The zero-order valence-electron chi connectivity index (χ0n) is 18.4. The number of rotatable bonds is 8. The van der Waals surface area contributed by atoms with Crippen molar-refractivity contribution in [1.29, 1.82) is 0 Å². The van der Waals surface area contributed by atoms with Gasteiger partial charge in [0.25, 0.3) is 0 Å². The molecule has 1 aromatic carbocycles. The number of guanidine groups is 1. The molecule has 166 valence electrons. The number of aromatic nitrogens is 1. The zero-order valence-corrected chi connectivity index (χ0v) is 21.6. The quantitative estimate of drug-likeness (QED) is 0.306. The molecule has 0 bridgehead atoms. The summed E-state index contributed by atoms with van der Waals surface area (Å²) in [5.74, 6) is 0.862. The second-order valence-electron chi connectivity index (χ2n) is 7.61. The second kappa shape index (κ2) is 12.6. The van der Waals surface area contributed by atoms with E-state index in [1.807, 2.05) is 21.0 Å². The molecule has 1 unspecified atom stereocenters. The number of hydrogen-bond acceptors (Lipinski definition) is 5. The van der Waals surface area contributed by atoms with Crippen LogP contribution in [0.2, 0.25) is 0 Å². The Kier molecular flexibility index (Phi) is 10.5. The molecule has 1 aromatic heterocycles. The normalized spacial score (nSPS) is 15.7. The van der Waals surface area contributed by atoms with Crippen molar-refractivity contribution in [2.24, 2.45) is 4.99 Å². The van der Waals surface area contributed by atoms with E-state index in [1.54, 1.807) is 18.4 Å². The molecule has 1 aliphatic rings. The number of likely N-dealkylation sites (tertiary alicyclic amines) is 1. The van der Waals surface area contributed by atoms with Crippen molar-refractivity contribution in [2.75, 3.05) is 34.3 Å². The van der Waals surface area contributed by atoms with Gasteiger partial charge in [0.1, 0.15) is 11.1 Å². The van der Waals surface area contributed by atoms with E-state index in [-0.39, 0.29) is 30.1 Å². The van der Waals surface area contributed by atoms with E-state index in [9.17, 15) is 0 Å². The summed E-state index contributed by atoms with van der Waals surface area (Å²) < 4.78 is 5.35. The Morgan fingerprint density at radius 3 is 2.57 bits per heavy atom. The minimum absolute atomic E-state index is 0. The van der Waals surface area contributed by atoms with Crippen LogP contribution in [0.15, 0.2) is 34.6 Å². The fourth-order valence-corrected chi connectivity index (χ4v) is 4.37. The predicted molar refractivity (Wildman–Crippen MR) is 136 cm³/mol. The van der Waals surface area contributed by atoms with Gasteiger partial charge in [0.15, 0.2) is 5.96 Å². The van der Waals surface area contributed by atoms with Crippen LogP contribution in [-0.2, 0) is 24.4 Å². The Bertz CT molecular complexity index is 789. The first-order valence-electron chi connectivity index (χ1n) is 10.3. The van der Waals surface area contributed by atoms with Crippen LogP contribution in [0.1, 0.15) is 47.7 Å². The number of hydrogen-bond donors (Lipinski definition) is 1. The summed E-state index contributed by atoms with van der Waals surface area (Å²) >= 11 is 1.64. The van der Waals surface area contributed by atoms with Gasteiger partial charge in [-0.05, 0) is 44.0 Å². The summed E-state index contributed by atoms with van der Waals surface area (Å²) in [4.78, 5) is 13.7. The second-order valence-corrected chi connectivity index (χ2v) is 8.50. The van der Waals surface area contributed by atoms with Gasteiger partial charge in [-0.3, -0.25) is 9.89 Å². The Morgan fingerprint density at radius 2 is 1.93 bits per heavy atom. The third-order valence-electron chi connectivity index (χ3n) is 5.32. The number of thiazole rings is 1. The Labute approximate surface area is 201 Å². The van der Waals surface area contributed by atoms with Crippen LogP contribution in [0.25, 0.3) is 0 Å². The maximum absolute atomic E-state index is 5.35. The van der Waals surface area contributed by atoms with Gasteiger partial charge in [-0.2, -0.15) is 0 Å².